The predicted molar refractivity (Wildman–Crippen MR) is 82.7 cm³/mol. The van der Waals surface area contributed by atoms with Gasteiger partial charge in [0.15, 0.2) is 0 Å². The number of nitrogens with two attached hydrogens (primary N) is 1. The van der Waals surface area contributed by atoms with Crippen LogP contribution in [0, 0.1) is 0 Å². The SMILES string of the molecule is COc1ccc(C(CCN)c2ccc(Br)cc2)cc1. The first-order valence-corrected chi connectivity index (χ1v) is 7.13. The van der Waals surface area contributed by atoms with Crippen LogP contribution in [-0.2, 0) is 0 Å². The summed E-state index contributed by atoms with van der Waals surface area (Å²) in [4.78, 5) is 0. The van der Waals surface area contributed by atoms with Crippen LogP contribution in [-0.4, -0.2) is 13.7 Å². The van der Waals surface area contributed by atoms with Crippen molar-refractivity contribution in [2.24, 2.45) is 5.73 Å². The van der Waals surface area contributed by atoms with E-state index in [9.17, 15) is 0 Å². The Labute approximate surface area is 122 Å². The third-order valence-electron chi connectivity index (χ3n) is 3.25. The van der Waals surface area contributed by atoms with Gasteiger partial charge in [0.1, 0.15) is 5.75 Å². The lowest BCUT2D eigenvalue weighted by atomic mass is 9.88. The Balaban J connectivity index is 2.30. The number of hydrogen-bond acceptors (Lipinski definition) is 2. The highest BCUT2D eigenvalue weighted by Crippen LogP contribution is 2.29. The third kappa shape index (κ3) is 3.58. The van der Waals surface area contributed by atoms with Crippen LogP contribution in [0.25, 0.3) is 0 Å². The molecule has 0 saturated heterocycles. The first kappa shape index (κ1) is 14.1. The molecule has 0 amide bonds. The van der Waals surface area contributed by atoms with Crippen molar-refractivity contribution in [2.75, 3.05) is 13.7 Å². The minimum atomic E-state index is 0.337. The summed E-state index contributed by atoms with van der Waals surface area (Å²) in [6.45, 7) is 0.673. The maximum absolute atomic E-state index is 5.76. The van der Waals surface area contributed by atoms with E-state index in [1.165, 1.54) is 11.1 Å². The second-order valence-electron chi connectivity index (χ2n) is 4.45. The maximum atomic E-state index is 5.76. The van der Waals surface area contributed by atoms with Crippen LogP contribution in [0.3, 0.4) is 0 Å². The molecule has 0 saturated carbocycles. The molecule has 0 bridgehead atoms. The van der Waals surface area contributed by atoms with Crippen molar-refractivity contribution in [3.8, 4) is 5.75 Å². The Hall–Kier alpha value is -1.32. The molecule has 19 heavy (non-hydrogen) atoms. The summed E-state index contributed by atoms with van der Waals surface area (Å²) in [7, 11) is 1.68. The van der Waals surface area contributed by atoms with Gasteiger partial charge in [-0.3, -0.25) is 0 Å². The van der Waals surface area contributed by atoms with Crippen LogP contribution in [0.2, 0.25) is 0 Å². The molecule has 0 heterocycles. The molecule has 2 rings (SSSR count). The van der Waals surface area contributed by atoms with Crippen LogP contribution in [0.4, 0.5) is 0 Å². The molecule has 0 aromatic heterocycles. The predicted octanol–water partition coefficient (Wildman–Crippen LogP) is 3.94. The van der Waals surface area contributed by atoms with E-state index in [0.29, 0.717) is 12.5 Å². The maximum Gasteiger partial charge on any atom is 0.118 e. The van der Waals surface area contributed by atoms with Gasteiger partial charge >= 0.3 is 0 Å². The summed E-state index contributed by atoms with van der Waals surface area (Å²) in [5.74, 6) is 1.22. The number of rotatable bonds is 5. The number of hydrogen-bond donors (Lipinski definition) is 1. The van der Waals surface area contributed by atoms with Gasteiger partial charge in [0, 0.05) is 10.4 Å². The van der Waals surface area contributed by atoms with Gasteiger partial charge < -0.3 is 10.5 Å². The number of ether oxygens (including phenoxy) is 1. The molecule has 0 aliphatic rings. The summed E-state index contributed by atoms with van der Waals surface area (Å²) in [6.07, 6.45) is 0.938. The average molecular weight is 320 g/mol. The Morgan fingerprint density at radius 1 is 1.00 bits per heavy atom. The fourth-order valence-corrected chi connectivity index (χ4v) is 2.49. The van der Waals surface area contributed by atoms with Crippen molar-refractivity contribution in [1.82, 2.24) is 0 Å². The van der Waals surface area contributed by atoms with Crippen LogP contribution < -0.4 is 10.5 Å². The first-order valence-electron chi connectivity index (χ1n) is 6.34. The topological polar surface area (TPSA) is 35.2 Å². The van der Waals surface area contributed by atoms with Gasteiger partial charge in [-0.15, -0.1) is 0 Å². The van der Waals surface area contributed by atoms with E-state index < -0.39 is 0 Å². The van der Waals surface area contributed by atoms with Gasteiger partial charge in [0.25, 0.3) is 0 Å². The molecule has 3 heteroatoms. The highest BCUT2D eigenvalue weighted by Gasteiger charge is 2.13. The monoisotopic (exact) mass is 319 g/mol. The Kier molecular flexibility index (Phi) is 5.00. The van der Waals surface area contributed by atoms with E-state index in [0.717, 1.165) is 16.6 Å². The largest absolute Gasteiger partial charge is 0.497 e. The van der Waals surface area contributed by atoms with Crippen LogP contribution in [0.15, 0.2) is 53.0 Å². The van der Waals surface area contributed by atoms with E-state index in [-0.39, 0.29) is 0 Å². The summed E-state index contributed by atoms with van der Waals surface area (Å²) in [5, 5.41) is 0. The molecular formula is C16H18BrNO. The molecular weight excluding hydrogens is 302 g/mol. The minimum Gasteiger partial charge on any atom is -0.497 e. The van der Waals surface area contributed by atoms with E-state index in [1.807, 2.05) is 12.1 Å². The van der Waals surface area contributed by atoms with E-state index in [1.54, 1.807) is 7.11 Å². The quantitative estimate of drug-likeness (QED) is 0.906. The van der Waals surface area contributed by atoms with Gasteiger partial charge in [-0.1, -0.05) is 40.2 Å². The summed E-state index contributed by atoms with van der Waals surface area (Å²) >= 11 is 3.47. The summed E-state index contributed by atoms with van der Waals surface area (Å²) in [5.41, 5.74) is 8.32. The molecule has 2 aromatic rings. The van der Waals surface area contributed by atoms with Gasteiger partial charge in [-0.25, -0.2) is 0 Å². The van der Waals surface area contributed by atoms with Gasteiger partial charge in [0.2, 0.25) is 0 Å². The fourth-order valence-electron chi connectivity index (χ4n) is 2.22. The number of methoxy groups -OCH3 is 1. The van der Waals surface area contributed by atoms with Gasteiger partial charge in [-0.05, 0) is 48.4 Å². The summed E-state index contributed by atoms with van der Waals surface area (Å²) < 4.78 is 6.29. The summed E-state index contributed by atoms with van der Waals surface area (Å²) in [6, 6.07) is 16.7. The zero-order chi connectivity index (χ0) is 13.7. The van der Waals surface area contributed by atoms with Crippen molar-refractivity contribution in [1.29, 1.82) is 0 Å². The second kappa shape index (κ2) is 6.73. The lowest BCUT2D eigenvalue weighted by Crippen LogP contribution is -2.08. The highest BCUT2D eigenvalue weighted by atomic mass is 79.9. The Bertz CT molecular complexity index is 507. The lowest BCUT2D eigenvalue weighted by Gasteiger charge is -2.17. The molecule has 2 nitrogen and oxygen atoms in total. The second-order valence-corrected chi connectivity index (χ2v) is 5.37. The lowest BCUT2D eigenvalue weighted by molar-refractivity contribution is 0.414. The zero-order valence-corrected chi connectivity index (χ0v) is 12.6. The molecule has 1 atom stereocenters. The molecule has 0 spiro atoms. The number of halogens is 1. The fraction of sp³-hybridized carbons (Fsp3) is 0.250. The van der Waals surface area contributed by atoms with E-state index in [2.05, 4.69) is 52.3 Å². The molecule has 2 N–H and O–H groups in total. The highest BCUT2D eigenvalue weighted by molar-refractivity contribution is 9.10. The van der Waals surface area contributed by atoms with Crippen molar-refractivity contribution in [2.45, 2.75) is 12.3 Å². The molecule has 0 aliphatic heterocycles. The molecule has 1 unspecified atom stereocenters. The standard InChI is InChI=1S/C16H18BrNO/c1-19-15-8-4-13(5-9-15)16(10-11-18)12-2-6-14(17)7-3-12/h2-9,16H,10-11,18H2,1H3. The van der Waals surface area contributed by atoms with Crippen LogP contribution in [0.1, 0.15) is 23.5 Å². The third-order valence-corrected chi connectivity index (χ3v) is 3.77. The van der Waals surface area contributed by atoms with E-state index >= 15 is 0 Å². The Morgan fingerprint density at radius 3 is 2.00 bits per heavy atom. The zero-order valence-electron chi connectivity index (χ0n) is 11.0. The average Bonchev–Trinajstić information content (AvgIpc) is 2.46. The van der Waals surface area contributed by atoms with Crippen LogP contribution in [0.5, 0.6) is 5.75 Å². The van der Waals surface area contributed by atoms with Crippen LogP contribution >= 0.6 is 15.9 Å². The molecule has 0 radical (unpaired) electrons. The normalized spacial score (nSPS) is 12.2. The van der Waals surface area contributed by atoms with E-state index in [4.69, 9.17) is 10.5 Å². The van der Waals surface area contributed by atoms with Crippen molar-refractivity contribution in [3.05, 3.63) is 64.1 Å². The molecule has 2 aromatic carbocycles. The van der Waals surface area contributed by atoms with Crippen molar-refractivity contribution >= 4 is 15.9 Å². The van der Waals surface area contributed by atoms with Gasteiger partial charge in [-0.2, -0.15) is 0 Å². The first-order chi connectivity index (χ1) is 9.24. The number of benzene rings is 2. The smallest absolute Gasteiger partial charge is 0.118 e. The minimum absolute atomic E-state index is 0.337. The van der Waals surface area contributed by atoms with Crippen molar-refractivity contribution < 1.29 is 4.74 Å². The molecule has 100 valence electrons. The molecule has 0 fully saturated rings. The molecule has 0 aliphatic carbocycles. The van der Waals surface area contributed by atoms with Gasteiger partial charge in [0.05, 0.1) is 7.11 Å². The van der Waals surface area contributed by atoms with Crippen molar-refractivity contribution in [3.63, 3.8) is 0 Å². The Morgan fingerprint density at radius 2 is 1.53 bits per heavy atom.